The molecule has 0 aliphatic carbocycles. The molecule has 1 saturated heterocycles. The minimum atomic E-state index is -0.234. The number of nitrogens with zero attached hydrogens (tertiary/aromatic N) is 3. The zero-order valence-corrected chi connectivity index (χ0v) is 18.3. The van der Waals surface area contributed by atoms with Crippen LogP contribution in [0.1, 0.15) is 24.0 Å². The summed E-state index contributed by atoms with van der Waals surface area (Å²) in [5.74, 6) is 2.13. The number of amides is 1. The van der Waals surface area contributed by atoms with Crippen LogP contribution in [0.2, 0.25) is 0 Å². The molecule has 1 aromatic carbocycles. The molecule has 31 heavy (non-hydrogen) atoms. The van der Waals surface area contributed by atoms with E-state index in [0.29, 0.717) is 13.1 Å². The Kier molecular flexibility index (Phi) is 8.09. The van der Waals surface area contributed by atoms with Crippen LogP contribution in [0.5, 0.6) is 5.75 Å². The summed E-state index contributed by atoms with van der Waals surface area (Å²) in [6.45, 7) is 2.85. The van der Waals surface area contributed by atoms with Gasteiger partial charge in [-0.05, 0) is 43.0 Å². The lowest BCUT2D eigenvalue weighted by Gasteiger charge is -2.33. The summed E-state index contributed by atoms with van der Waals surface area (Å²) in [6.07, 6.45) is 4.45. The van der Waals surface area contributed by atoms with E-state index in [9.17, 15) is 4.79 Å². The Morgan fingerprint density at radius 2 is 2.10 bits per heavy atom. The topological polar surface area (TPSA) is 105 Å². The molecule has 8 heteroatoms. The van der Waals surface area contributed by atoms with Gasteiger partial charge in [-0.15, -0.1) is 0 Å². The van der Waals surface area contributed by atoms with Crippen LogP contribution >= 0.6 is 0 Å². The van der Waals surface area contributed by atoms with Crippen LogP contribution in [0.15, 0.2) is 47.6 Å². The largest absolute Gasteiger partial charge is 0.497 e. The van der Waals surface area contributed by atoms with Gasteiger partial charge in [-0.25, -0.2) is 4.98 Å². The molecule has 3 rings (SSSR count). The van der Waals surface area contributed by atoms with E-state index in [2.05, 4.69) is 37.6 Å². The number of hydrogen-bond donors (Lipinski definition) is 3. The average molecular weight is 425 g/mol. The lowest BCUT2D eigenvalue weighted by atomic mass is 9.97. The number of aliphatic imine (C=N–C) groups is 1. The summed E-state index contributed by atoms with van der Waals surface area (Å²) in [6, 6.07) is 12.0. The van der Waals surface area contributed by atoms with E-state index < -0.39 is 0 Å². The van der Waals surface area contributed by atoms with Crippen molar-refractivity contribution in [2.45, 2.75) is 25.8 Å². The van der Waals surface area contributed by atoms with Crippen molar-refractivity contribution in [2.75, 3.05) is 38.7 Å². The predicted molar refractivity (Wildman–Crippen MR) is 123 cm³/mol. The number of hydrogen-bond acceptors (Lipinski definition) is 5. The third-order valence-electron chi connectivity index (χ3n) is 5.53. The molecule has 1 amide bonds. The van der Waals surface area contributed by atoms with Crippen molar-refractivity contribution in [1.82, 2.24) is 15.6 Å². The lowest BCUT2D eigenvalue weighted by molar-refractivity contribution is -0.122. The zero-order chi connectivity index (χ0) is 22.1. The fourth-order valence-electron chi connectivity index (χ4n) is 3.77. The Morgan fingerprint density at radius 3 is 2.81 bits per heavy atom. The minimum absolute atomic E-state index is 0.121. The first-order valence-electron chi connectivity index (χ1n) is 10.7. The molecule has 2 aromatic rings. The quantitative estimate of drug-likeness (QED) is 0.440. The van der Waals surface area contributed by atoms with Crippen LogP contribution in [-0.4, -0.2) is 50.6 Å². The molecular formula is C23H32N6O2. The van der Waals surface area contributed by atoms with Crippen molar-refractivity contribution in [3.63, 3.8) is 0 Å². The third-order valence-corrected chi connectivity index (χ3v) is 5.53. The highest BCUT2D eigenvalue weighted by Crippen LogP contribution is 2.24. The van der Waals surface area contributed by atoms with E-state index >= 15 is 0 Å². The van der Waals surface area contributed by atoms with Crippen LogP contribution < -0.4 is 26.0 Å². The number of aromatic nitrogens is 1. The number of carbonyl (C=O) groups excluding carboxylic acids is 1. The van der Waals surface area contributed by atoms with Crippen LogP contribution in [0.25, 0.3) is 0 Å². The Morgan fingerprint density at radius 1 is 1.29 bits per heavy atom. The number of pyridine rings is 1. The van der Waals surface area contributed by atoms with Gasteiger partial charge < -0.3 is 26.0 Å². The van der Waals surface area contributed by atoms with Crippen LogP contribution in [-0.2, 0) is 17.8 Å². The van der Waals surface area contributed by atoms with Gasteiger partial charge in [0.05, 0.1) is 13.0 Å². The molecule has 0 spiro atoms. The first-order valence-corrected chi connectivity index (χ1v) is 10.7. The van der Waals surface area contributed by atoms with Crippen molar-refractivity contribution >= 4 is 17.7 Å². The van der Waals surface area contributed by atoms with E-state index in [-0.39, 0.29) is 11.8 Å². The molecule has 4 N–H and O–H groups in total. The van der Waals surface area contributed by atoms with Gasteiger partial charge in [-0.2, -0.15) is 0 Å². The number of piperidine rings is 1. The summed E-state index contributed by atoms with van der Waals surface area (Å²) < 4.78 is 5.20. The number of rotatable bonds is 8. The number of carbonyl (C=O) groups is 1. The maximum Gasteiger partial charge on any atom is 0.222 e. The maximum atomic E-state index is 11.6. The minimum Gasteiger partial charge on any atom is -0.497 e. The molecule has 0 radical (unpaired) electrons. The molecule has 1 fully saturated rings. The van der Waals surface area contributed by atoms with Gasteiger partial charge in [0.15, 0.2) is 5.96 Å². The Bertz CT molecular complexity index is 884. The number of benzene rings is 1. The number of guanidine groups is 1. The number of nitrogens with one attached hydrogen (secondary N) is 2. The monoisotopic (exact) mass is 424 g/mol. The number of ether oxygens (including phenoxy) is 1. The van der Waals surface area contributed by atoms with E-state index in [4.69, 9.17) is 10.5 Å². The summed E-state index contributed by atoms with van der Waals surface area (Å²) in [4.78, 5) is 22.7. The Hall–Kier alpha value is -3.29. The Balaban J connectivity index is 1.54. The lowest BCUT2D eigenvalue weighted by Crippen LogP contribution is -2.42. The first kappa shape index (κ1) is 22.4. The number of primary amides is 1. The summed E-state index contributed by atoms with van der Waals surface area (Å²) in [5, 5.41) is 6.71. The van der Waals surface area contributed by atoms with E-state index in [1.807, 2.05) is 24.3 Å². The second-order valence-corrected chi connectivity index (χ2v) is 7.62. The highest BCUT2D eigenvalue weighted by atomic mass is 16.5. The molecule has 0 bridgehead atoms. The number of anilines is 1. The molecule has 2 heterocycles. The van der Waals surface area contributed by atoms with Crippen molar-refractivity contribution in [2.24, 2.45) is 16.6 Å². The SMILES string of the molecule is CN=C(NCCc1ccc(OC)cc1)NCc1cccnc1N1CCCC(C(N)=O)C1. The summed E-state index contributed by atoms with van der Waals surface area (Å²) in [7, 11) is 3.43. The second-order valence-electron chi connectivity index (χ2n) is 7.62. The van der Waals surface area contributed by atoms with Gasteiger partial charge in [0, 0.05) is 45.0 Å². The highest BCUT2D eigenvalue weighted by molar-refractivity contribution is 5.80. The first-order chi connectivity index (χ1) is 15.1. The number of nitrogens with two attached hydrogens (primary N) is 1. The van der Waals surface area contributed by atoms with Crippen LogP contribution in [0.4, 0.5) is 5.82 Å². The van der Waals surface area contributed by atoms with Gasteiger partial charge in [0.2, 0.25) is 5.91 Å². The van der Waals surface area contributed by atoms with E-state index in [0.717, 1.165) is 55.4 Å². The van der Waals surface area contributed by atoms with Gasteiger partial charge in [-0.1, -0.05) is 18.2 Å². The molecular weight excluding hydrogens is 392 g/mol. The van der Waals surface area contributed by atoms with Gasteiger partial charge in [0.25, 0.3) is 0 Å². The van der Waals surface area contributed by atoms with Crippen LogP contribution in [0.3, 0.4) is 0 Å². The van der Waals surface area contributed by atoms with E-state index in [1.165, 1.54) is 5.56 Å². The average Bonchev–Trinajstić information content (AvgIpc) is 2.82. The van der Waals surface area contributed by atoms with Gasteiger partial charge in [-0.3, -0.25) is 9.79 Å². The highest BCUT2D eigenvalue weighted by Gasteiger charge is 2.25. The predicted octanol–water partition coefficient (Wildman–Crippen LogP) is 1.70. The molecule has 8 nitrogen and oxygen atoms in total. The summed E-state index contributed by atoms with van der Waals surface area (Å²) >= 11 is 0. The third kappa shape index (κ3) is 6.34. The molecule has 1 aliphatic rings. The fraction of sp³-hybridized carbons (Fsp3) is 0.435. The Labute approximate surface area is 183 Å². The van der Waals surface area contributed by atoms with Crippen molar-refractivity contribution in [3.8, 4) is 5.75 Å². The summed E-state index contributed by atoms with van der Waals surface area (Å²) in [5.41, 5.74) is 7.83. The van der Waals surface area contributed by atoms with Crippen molar-refractivity contribution in [3.05, 3.63) is 53.7 Å². The molecule has 166 valence electrons. The van der Waals surface area contributed by atoms with Crippen molar-refractivity contribution < 1.29 is 9.53 Å². The van der Waals surface area contributed by atoms with E-state index in [1.54, 1.807) is 20.4 Å². The normalized spacial score (nSPS) is 16.6. The maximum absolute atomic E-state index is 11.6. The molecule has 0 saturated carbocycles. The van der Waals surface area contributed by atoms with Gasteiger partial charge >= 0.3 is 0 Å². The van der Waals surface area contributed by atoms with Gasteiger partial charge in [0.1, 0.15) is 11.6 Å². The molecule has 1 unspecified atom stereocenters. The fourth-order valence-corrected chi connectivity index (χ4v) is 3.77. The standard InChI is InChI=1S/C23H32N6O2/c1-25-23(27-13-11-17-7-9-20(31-2)10-8-17)28-15-18-5-3-12-26-22(18)29-14-4-6-19(16-29)21(24)30/h3,5,7-10,12,19H,4,6,11,13-16H2,1-2H3,(H2,24,30)(H2,25,27,28). The molecule has 1 aliphatic heterocycles. The smallest absolute Gasteiger partial charge is 0.222 e. The van der Waals surface area contributed by atoms with Crippen LogP contribution in [0, 0.1) is 5.92 Å². The molecule has 1 aromatic heterocycles. The number of methoxy groups -OCH3 is 1. The zero-order valence-electron chi connectivity index (χ0n) is 18.3. The van der Waals surface area contributed by atoms with Crippen molar-refractivity contribution in [1.29, 1.82) is 0 Å². The second kappa shape index (κ2) is 11.2. The molecule has 1 atom stereocenters.